The molecule has 0 unspecified atom stereocenters. The lowest BCUT2D eigenvalue weighted by Gasteiger charge is -2.19. The molecule has 1 N–H and O–H groups in total. The Morgan fingerprint density at radius 3 is 2.16 bits per heavy atom. The van der Waals surface area contributed by atoms with Crippen LogP contribution in [0, 0.1) is 0 Å². The zero-order chi connectivity index (χ0) is 27.1. The Morgan fingerprint density at radius 1 is 0.919 bits per heavy atom. The number of aryl methyl sites for hydroxylation is 1. The SMILES string of the molecule is CC(C)(C)OC(=O)NCCCn1c(=O)n2c(=O)n(C(=O)OC(C)(C)C)nc2c2cc3ccccc3cc21. The number of fused-ring (bicyclic) bond motifs is 4. The summed E-state index contributed by atoms with van der Waals surface area (Å²) in [6, 6.07) is 11.3. The second kappa shape index (κ2) is 9.38. The van der Waals surface area contributed by atoms with Crippen molar-refractivity contribution in [2.75, 3.05) is 6.54 Å². The molecule has 0 spiro atoms. The lowest BCUT2D eigenvalue weighted by Crippen LogP contribution is -2.39. The smallest absolute Gasteiger partial charge is 0.439 e. The van der Waals surface area contributed by atoms with E-state index in [1.54, 1.807) is 41.5 Å². The highest BCUT2D eigenvalue weighted by molar-refractivity contribution is 6.02. The summed E-state index contributed by atoms with van der Waals surface area (Å²) >= 11 is 0. The van der Waals surface area contributed by atoms with Crippen LogP contribution in [0.4, 0.5) is 9.59 Å². The van der Waals surface area contributed by atoms with Crippen LogP contribution in [-0.2, 0) is 16.0 Å². The zero-order valence-electron chi connectivity index (χ0n) is 21.8. The van der Waals surface area contributed by atoms with E-state index >= 15 is 0 Å². The molecule has 0 bridgehead atoms. The van der Waals surface area contributed by atoms with Gasteiger partial charge in [-0.2, -0.15) is 4.40 Å². The first-order chi connectivity index (χ1) is 17.2. The number of carbonyl (C=O) groups is 2. The van der Waals surface area contributed by atoms with Crippen molar-refractivity contribution >= 4 is 39.5 Å². The Bertz CT molecular complexity index is 1630. The Kier molecular flexibility index (Phi) is 6.57. The number of alkyl carbamates (subject to hydrolysis) is 1. The van der Waals surface area contributed by atoms with Crippen LogP contribution in [0.2, 0.25) is 0 Å². The van der Waals surface area contributed by atoms with Crippen molar-refractivity contribution < 1.29 is 19.1 Å². The zero-order valence-corrected chi connectivity index (χ0v) is 21.8. The van der Waals surface area contributed by atoms with E-state index < -0.39 is 34.8 Å². The number of amides is 1. The van der Waals surface area contributed by atoms with E-state index in [0.717, 1.165) is 15.2 Å². The first-order valence-corrected chi connectivity index (χ1v) is 12.0. The van der Waals surface area contributed by atoms with E-state index in [-0.39, 0.29) is 18.7 Å². The molecular weight excluding hydrogens is 478 g/mol. The second-order valence-electron chi connectivity index (χ2n) is 10.8. The van der Waals surface area contributed by atoms with E-state index in [9.17, 15) is 19.2 Å². The molecule has 196 valence electrons. The highest BCUT2D eigenvalue weighted by Crippen LogP contribution is 2.24. The molecule has 0 saturated carbocycles. The van der Waals surface area contributed by atoms with Crippen LogP contribution < -0.4 is 16.7 Å². The van der Waals surface area contributed by atoms with E-state index in [1.807, 2.05) is 36.4 Å². The van der Waals surface area contributed by atoms with Gasteiger partial charge < -0.3 is 14.8 Å². The third-order valence-corrected chi connectivity index (χ3v) is 5.39. The van der Waals surface area contributed by atoms with Gasteiger partial charge in [0.1, 0.15) is 11.2 Å². The van der Waals surface area contributed by atoms with E-state index in [4.69, 9.17) is 9.47 Å². The minimum absolute atomic E-state index is 0.0599. The fourth-order valence-electron chi connectivity index (χ4n) is 3.95. The van der Waals surface area contributed by atoms with E-state index in [0.29, 0.717) is 22.0 Å². The Labute approximate surface area is 212 Å². The number of hydrogen-bond acceptors (Lipinski definition) is 7. The van der Waals surface area contributed by atoms with Gasteiger partial charge in [-0.15, -0.1) is 9.78 Å². The van der Waals surface area contributed by atoms with Gasteiger partial charge in [-0.3, -0.25) is 4.57 Å². The monoisotopic (exact) mass is 509 g/mol. The Hall–Kier alpha value is -4.15. The third-order valence-electron chi connectivity index (χ3n) is 5.39. The predicted octanol–water partition coefficient (Wildman–Crippen LogP) is 3.66. The molecule has 11 nitrogen and oxygen atoms in total. The number of nitrogens with zero attached hydrogens (tertiary/aromatic N) is 4. The van der Waals surface area contributed by atoms with Crippen LogP contribution >= 0.6 is 0 Å². The summed E-state index contributed by atoms with van der Waals surface area (Å²) in [4.78, 5) is 51.4. The van der Waals surface area contributed by atoms with Crippen molar-refractivity contribution in [3.05, 3.63) is 57.4 Å². The van der Waals surface area contributed by atoms with Crippen LogP contribution in [0.15, 0.2) is 46.0 Å². The minimum Gasteiger partial charge on any atom is -0.444 e. The lowest BCUT2D eigenvalue weighted by molar-refractivity contribution is 0.0503. The van der Waals surface area contributed by atoms with Crippen molar-refractivity contribution in [3.8, 4) is 0 Å². The fraction of sp³-hybridized carbons (Fsp3) is 0.423. The molecule has 4 rings (SSSR count). The molecule has 0 fully saturated rings. The van der Waals surface area contributed by atoms with Crippen LogP contribution in [0.25, 0.3) is 27.3 Å². The van der Waals surface area contributed by atoms with E-state index in [1.165, 1.54) is 4.57 Å². The lowest BCUT2D eigenvalue weighted by atomic mass is 10.1. The van der Waals surface area contributed by atoms with Gasteiger partial charge in [0, 0.05) is 18.5 Å². The standard InChI is InChI=1S/C26H31N5O6/c1-25(2,3)36-21(32)27-12-9-13-29-19-15-17-11-8-7-10-16(17)14-18(19)20-28-31(23(34)30(20)22(29)33)24(35)37-26(4,5)6/h7-8,10-11,14-15H,9,12-13H2,1-6H3,(H,27,32). The molecule has 4 aromatic rings. The topological polar surface area (TPSA) is 126 Å². The summed E-state index contributed by atoms with van der Waals surface area (Å²) in [5.74, 6) is 0. The minimum atomic E-state index is -0.970. The summed E-state index contributed by atoms with van der Waals surface area (Å²) in [6.07, 6.45) is -1.13. The number of ether oxygens (including phenoxy) is 2. The molecular formula is C26H31N5O6. The predicted molar refractivity (Wildman–Crippen MR) is 139 cm³/mol. The molecule has 2 aromatic heterocycles. The van der Waals surface area contributed by atoms with Gasteiger partial charge in [0.05, 0.1) is 5.52 Å². The first kappa shape index (κ1) is 25.9. The summed E-state index contributed by atoms with van der Waals surface area (Å²) in [6.45, 7) is 10.8. The van der Waals surface area contributed by atoms with Crippen molar-refractivity contribution in [2.24, 2.45) is 0 Å². The molecule has 37 heavy (non-hydrogen) atoms. The van der Waals surface area contributed by atoms with Gasteiger partial charge in [0.15, 0.2) is 5.65 Å². The second-order valence-corrected chi connectivity index (χ2v) is 10.8. The van der Waals surface area contributed by atoms with Crippen molar-refractivity contribution in [2.45, 2.75) is 65.7 Å². The molecule has 2 heterocycles. The summed E-state index contributed by atoms with van der Waals surface area (Å²) in [7, 11) is 0. The van der Waals surface area contributed by atoms with Gasteiger partial charge in [-0.25, -0.2) is 19.2 Å². The van der Waals surface area contributed by atoms with Crippen molar-refractivity contribution in [1.29, 1.82) is 0 Å². The normalized spacial score (nSPS) is 12.3. The fourth-order valence-corrected chi connectivity index (χ4v) is 3.95. The summed E-state index contributed by atoms with van der Waals surface area (Å²) in [5, 5.41) is 9.17. The maximum Gasteiger partial charge on any atom is 0.439 e. The number of rotatable bonds is 4. The molecule has 0 atom stereocenters. The maximum absolute atomic E-state index is 13.5. The molecule has 0 radical (unpaired) electrons. The van der Waals surface area contributed by atoms with Crippen LogP contribution in [-0.4, -0.2) is 48.7 Å². The van der Waals surface area contributed by atoms with Gasteiger partial charge in [0.25, 0.3) is 0 Å². The molecule has 2 aromatic carbocycles. The largest absolute Gasteiger partial charge is 0.444 e. The average molecular weight is 510 g/mol. The number of carbonyl (C=O) groups excluding carboxylic acids is 2. The Morgan fingerprint density at radius 2 is 1.54 bits per heavy atom. The Balaban J connectivity index is 1.80. The molecule has 11 heteroatoms. The highest BCUT2D eigenvalue weighted by Gasteiger charge is 2.25. The number of benzene rings is 2. The molecule has 0 aliphatic carbocycles. The van der Waals surface area contributed by atoms with Crippen molar-refractivity contribution in [1.82, 2.24) is 24.1 Å². The third kappa shape index (κ3) is 5.50. The average Bonchev–Trinajstić information content (AvgIpc) is 3.13. The van der Waals surface area contributed by atoms with Gasteiger partial charge >= 0.3 is 23.6 Å². The number of nitrogens with one attached hydrogen (secondary N) is 1. The summed E-state index contributed by atoms with van der Waals surface area (Å²) < 4.78 is 13.5. The van der Waals surface area contributed by atoms with Crippen LogP contribution in [0.5, 0.6) is 0 Å². The summed E-state index contributed by atoms with van der Waals surface area (Å²) in [5.41, 5.74) is -2.43. The van der Waals surface area contributed by atoms with Crippen LogP contribution in [0.3, 0.4) is 0 Å². The van der Waals surface area contributed by atoms with Crippen molar-refractivity contribution in [3.63, 3.8) is 0 Å². The first-order valence-electron chi connectivity index (χ1n) is 12.0. The number of aromatic nitrogens is 4. The molecule has 1 amide bonds. The van der Waals surface area contributed by atoms with E-state index in [2.05, 4.69) is 10.4 Å². The number of hydrogen-bond donors (Lipinski definition) is 1. The van der Waals surface area contributed by atoms with Gasteiger partial charge in [0.2, 0.25) is 0 Å². The van der Waals surface area contributed by atoms with Crippen LogP contribution in [0.1, 0.15) is 48.0 Å². The highest BCUT2D eigenvalue weighted by atomic mass is 16.6. The van der Waals surface area contributed by atoms with Gasteiger partial charge in [-0.1, -0.05) is 24.3 Å². The molecule has 0 saturated heterocycles. The molecule has 0 aliphatic rings. The maximum atomic E-state index is 13.5. The van der Waals surface area contributed by atoms with Gasteiger partial charge in [-0.05, 0) is 70.9 Å². The molecule has 0 aliphatic heterocycles. The quantitative estimate of drug-likeness (QED) is 0.329.